The third-order valence-corrected chi connectivity index (χ3v) is 4.87. The monoisotopic (exact) mass is 295 g/mol. The average Bonchev–Trinajstić information content (AvgIpc) is 2.77. The highest BCUT2D eigenvalue weighted by atomic mass is 32.1. The predicted molar refractivity (Wildman–Crippen MR) is 79.3 cm³/mol. The second-order valence-electron chi connectivity index (χ2n) is 5.82. The molecular formula is C15H21NO3S. The molecule has 2 rings (SSSR count). The number of hydrogen-bond donors (Lipinski definition) is 1. The van der Waals surface area contributed by atoms with E-state index < -0.39 is 5.97 Å². The summed E-state index contributed by atoms with van der Waals surface area (Å²) in [6.45, 7) is 5.69. The van der Waals surface area contributed by atoms with Gasteiger partial charge in [0.15, 0.2) is 0 Å². The van der Waals surface area contributed by atoms with Crippen LogP contribution in [0.25, 0.3) is 0 Å². The van der Waals surface area contributed by atoms with Crippen LogP contribution in [-0.4, -0.2) is 34.5 Å². The second kappa shape index (κ2) is 5.95. The summed E-state index contributed by atoms with van der Waals surface area (Å²) >= 11 is 1.64. The van der Waals surface area contributed by atoms with E-state index in [1.165, 1.54) is 9.78 Å². The molecule has 0 fully saturated rings. The first-order chi connectivity index (χ1) is 9.40. The number of hydrogen-bond acceptors (Lipinski definition) is 3. The molecule has 1 heterocycles. The van der Waals surface area contributed by atoms with E-state index in [1.807, 2.05) is 19.2 Å². The Hall–Kier alpha value is -1.36. The van der Waals surface area contributed by atoms with Gasteiger partial charge in [-0.25, -0.2) is 0 Å². The Labute approximate surface area is 123 Å². The van der Waals surface area contributed by atoms with Crippen molar-refractivity contribution in [1.29, 1.82) is 0 Å². The van der Waals surface area contributed by atoms with Gasteiger partial charge in [-0.05, 0) is 44.6 Å². The van der Waals surface area contributed by atoms with Crippen LogP contribution in [-0.2, 0) is 17.6 Å². The number of fused-ring (bicyclic) bond motifs is 1. The summed E-state index contributed by atoms with van der Waals surface area (Å²) in [5, 5.41) is 10.9. The van der Waals surface area contributed by atoms with Crippen molar-refractivity contribution in [3.63, 3.8) is 0 Å². The lowest BCUT2D eigenvalue weighted by molar-refractivity contribution is -0.138. The first-order valence-corrected chi connectivity index (χ1v) is 7.90. The van der Waals surface area contributed by atoms with Crippen LogP contribution in [0.1, 0.15) is 48.0 Å². The summed E-state index contributed by atoms with van der Waals surface area (Å²) in [6, 6.07) is -0.114. The van der Waals surface area contributed by atoms with Crippen LogP contribution in [0.4, 0.5) is 0 Å². The minimum atomic E-state index is -0.968. The van der Waals surface area contributed by atoms with Gasteiger partial charge in [0, 0.05) is 16.3 Å². The first-order valence-electron chi connectivity index (χ1n) is 7.02. The van der Waals surface area contributed by atoms with Gasteiger partial charge in [-0.2, -0.15) is 0 Å². The summed E-state index contributed by atoms with van der Waals surface area (Å²) in [5.74, 6) is -0.441. The van der Waals surface area contributed by atoms with E-state index in [-0.39, 0.29) is 18.5 Å². The Bertz CT molecular complexity index is 521. The molecule has 1 atom stereocenters. The molecule has 1 amide bonds. The summed E-state index contributed by atoms with van der Waals surface area (Å²) < 4.78 is 0. The lowest BCUT2D eigenvalue weighted by Gasteiger charge is -2.26. The quantitative estimate of drug-likeness (QED) is 0.929. The molecule has 1 aromatic rings. The number of aliphatic carboxylic acids is 1. The zero-order valence-corrected chi connectivity index (χ0v) is 13.0. The zero-order valence-electron chi connectivity index (χ0n) is 12.2. The van der Waals surface area contributed by atoms with Crippen molar-refractivity contribution < 1.29 is 14.7 Å². The maximum Gasteiger partial charge on any atom is 0.323 e. The minimum absolute atomic E-state index is 0.114. The maximum absolute atomic E-state index is 12.6. The van der Waals surface area contributed by atoms with E-state index in [0.29, 0.717) is 11.5 Å². The number of rotatable bonds is 4. The maximum atomic E-state index is 12.6. The SMILES string of the molecule is CC1CCc2c(C(=O)N(CC(=O)O)C(C)C)csc2C1. The molecule has 110 valence electrons. The lowest BCUT2D eigenvalue weighted by Crippen LogP contribution is -2.41. The fraction of sp³-hybridized carbons (Fsp3) is 0.600. The third-order valence-electron chi connectivity index (χ3n) is 3.82. The van der Waals surface area contributed by atoms with Gasteiger partial charge in [-0.15, -0.1) is 11.3 Å². The molecule has 0 saturated heterocycles. The molecule has 1 aliphatic carbocycles. The molecule has 0 aromatic carbocycles. The fourth-order valence-corrected chi connectivity index (χ4v) is 3.88. The lowest BCUT2D eigenvalue weighted by atomic mass is 9.88. The molecule has 0 spiro atoms. The highest BCUT2D eigenvalue weighted by Gasteiger charge is 2.28. The summed E-state index contributed by atoms with van der Waals surface area (Å²) in [5.41, 5.74) is 1.86. The standard InChI is InChI=1S/C15H21NO3S/c1-9(2)16(7-14(17)18)15(19)12-8-20-13-6-10(3)4-5-11(12)13/h8-10H,4-7H2,1-3H3,(H,17,18). The predicted octanol–water partition coefficient (Wildman–Crippen LogP) is 2.81. The number of thiophene rings is 1. The molecule has 1 aliphatic rings. The Morgan fingerprint density at radius 3 is 2.80 bits per heavy atom. The van der Waals surface area contributed by atoms with Crippen LogP contribution >= 0.6 is 11.3 Å². The van der Waals surface area contributed by atoms with Crippen LogP contribution in [0.15, 0.2) is 5.38 Å². The van der Waals surface area contributed by atoms with Crippen molar-refractivity contribution in [3.05, 3.63) is 21.4 Å². The number of nitrogens with zero attached hydrogens (tertiary/aromatic N) is 1. The highest BCUT2D eigenvalue weighted by molar-refractivity contribution is 7.10. The molecule has 0 saturated carbocycles. The zero-order chi connectivity index (χ0) is 14.9. The molecule has 4 nitrogen and oxygen atoms in total. The Morgan fingerprint density at radius 1 is 1.50 bits per heavy atom. The van der Waals surface area contributed by atoms with E-state index in [2.05, 4.69) is 6.92 Å². The number of carbonyl (C=O) groups is 2. The van der Waals surface area contributed by atoms with Crippen LogP contribution in [0.2, 0.25) is 0 Å². The molecule has 0 aliphatic heterocycles. The molecule has 1 N–H and O–H groups in total. The minimum Gasteiger partial charge on any atom is -0.480 e. The molecule has 1 unspecified atom stereocenters. The van der Waals surface area contributed by atoms with Crippen LogP contribution in [0.5, 0.6) is 0 Å². The number of carboxylic acid groups (broad SMARTS) is 1. The third kappa shape index (κ3) is 3.03. The van der Waals surface area contributed by atoms with E-state index in [0.717, 1.165) is 24.8 Å². The Morgan fingerprint density at radius 2 is 2.20 bits per heavy atom. The van der Waals surface area contributed by atoms with Gasteiger partial charge in [0.25, 0.3) is 5.91 Å². The Kier molecular flexibility index (Phi) is 4.48. The van der Waals surface area contributed by atoms with Gasteiger partial charge in [0.2, 0.25) is 0 Å². The second-order valence-corrected chi connectivity index (χ2v) is 6.78. The van der Waals surface area contributed by atoms with Crippen molar-refractivity contribution >= 4 is 23.2 Å². The number of carbonyl (C=O) groups excluding carboxylic acids is 1. The van der Waals surface area contributed by atoms with E-state index in [9.17, 15) is 9.59 Å². The van der Waals surface area contributed by atoms with Crippen LogP contribution in [0.3, 0.4) is 0 Å². The average molecular weight is 295 g/mol. The van der Waals surface area contributed by atoms with Gasteiger partial charge in [-0.3, -0.25) is 9.59 Å². The summed E-state index contributed by atoms with van der Waals surface area (Å²) in [4.78, 5) is 26.3. The van der Waals surface area contributed by atoms with Crippen molar-refractivity contribution in [2.24, 2.45) is 5.92 Å². The number of amides is 1. The summed E-state index contributed by atoms with van der Waals surface area (Å²) in [7, 11) is 0. The van der Waals surface area contributed by atoms with Gasteiger partial charge >= 0.3 is 5.97 Å². The van der Waals surface area contributed by atoms with Crippen molar-refractivity contribution in [2.75, 3.05) is 6.54 Å². The van der Waals surface area contributed by atoms with Gasteiger partial charge in [0.05, 0.1) is 5.56 Å². The summed E-state index contributed by atoms with van der Waals surface area (Å²) in [6.07, 6.45) is 3.07. The molecule has 0 bridgehead atoms. The largest absolute Gasteiger partial charge is 0.480 e. The Balaban J connectivity index is 2.26. The van der Waals surface area contributed by atoms with Gasteiger partial charge < -0.3 is 10.0 Å². The van der Waals surface area contributed by atoms with E-state index >= 15 is 0 Å². The molecule has 20 heavy (non-hydrogen) atoms. The molecule has 1 aromatic heterocycles. The smallest absolute Gasteiger partial charge is 0.323 e. The molecular weight excluding hydrogens is 274 g/mol. The van der Waals surface area contributed by atoms with Crippen molar-refractivity contribution in [3.8, 4) is 0 Å². The normalized spacial score (nSPS) is 17.9. The molecule has 5 heteroatoms. The van der Waals surface area contributed by atoms with Crippen molar-refractivity contribution in [1.82, 2.24) is 4.90 Å². The van der Waals surface area contributed by atoms with Crippen LogP contribution < -0.4 is 0 Å². The highest BCUT2D eigenvalue weighted by Crippen LogP contribution is 2.33. The van der Waals surface area contributed by atoms with E-state index in [1.54, 1.807) is 11.3 Å². The molecule has 0 radical (unpaired) electrons. The first kappa shape index (κ1) is 15.0. The fourth-order valence-electron chi connectivity index (χ4n) is 2.65. The topological polar surface area (TPSA) is 57.6 Å². The van der Waals surface area contributed by atoms with Crippen LogP contribution in [0, 0.1) is 5.92 Å². The van der Waals surface area contributed by atoms with Gasteiger partial charge in [0.1, 0.15) is 6.54 Å². The number of carboxylic acids is 1. The van der Waals surface area contributed by atoms with Gasteiger partial charge in [-0.1, -0.05) is 6.92 Å². The van der Waals surface area contributed by atoms with E-state index in [4.69, 9.17) is 5.11 Å². The van der Waals surface area contributed by atoms with Crippen molar-refractivity contribution in [2.45, 2.75) is 46.1 Å².